The molecule has 2 aromatic carbocycles. The predicted molar refractivity (Wildman–Crippen MR) is 130 cm³/mol. The van der Waals surface area contributed by atoms with E-state index in [0.29, 0.717) is 27.9 Å². The fourth-order valence-electron chi connectivity index (χ4n) is 3.06. The lowest BCUT2D eigenvalue weighted by Crippen LogP contribution is -2.10. The molecule has 184 valence electrons. The van der Waals surface area contributed by atoms with Crippen LogP contribution in [0.15, 0.2) is 42.5 Å². The molecule has 0 saturated carbocycles. The monoisotopic (exact) mass is 501 g/mol. The first kappa shape index (κ1) is 25.4. The Kier molecular flexibility index (Phi) is 8.52. The van der Waals surface area contributed by atoms with Crippen molar-refractivity contribution in [3.63, 3.8) is 0 Å². The quantitative estimate of drug-likeness (QED) is 0.115. The number of methoxy groups -OCH3 is 4. The Bertz CT molecular complexity index is 1210. The molecule has 10 nitrogen and oxygen atoms in total. The van der Waals surface area contributed by atoms with Gasteiger partial charge in [-0.1, -0.05) is 29.6 Å². The van der Waals surface area contributed by atoms with Crippen LogP contribution < -0.4 is 23.7 Å². The van der Waals surface area contributed by atoms with Crippen molar-refractivity contribution in [2.24, 2.45) is 0 Å². The Morgan fingerprint density at radius 3 is 2.06 bits per heavy atom. The number of ether oxygens (including phenoxy) is 6. The standard InChI is InChI=1S/C24H23NO9S/c1-29-18-9-7-15(5-6-16-12-20(30-2)23(32-4)21(13-16)31-3)11-19(18)34-24(26)33-14-17-8-10-22(35-17)25(27)28/h5-13H,14H2,1-4H3/b6-5-. The fraction of sp³-hybridized carbons (Fsp3) is 0.208. The van der Waals surface area contributed by atoms with Gasteiger partial charge in [-0.3, -0.25) is 10.1 Å². The van der Waals surface area contributed by atoms with Crippen LogP contribution in [0.4, 0.5) is 9.80 Å². The van der Waals surface area contributed by atoms with Crippen LogP contribution in [-0.2, 0) is 11.3 Å². The minimum atomic E-state index is -0.967. The van der Waals surface area contributed by atoms with E-state index in [9.17, 15) is 14.9 Å². The minimum Gasteiger partial charge on any atom is -0.493 e. The molecule has 3 rings (SSSR count). The highest BCUT2D eigenvalue weighted by Gasteiger charge is 2.15. The summed E-state index contributed by atoms with van der Waals surface area (Å²) in [7, 11) is 6.06. The number of carbonyl (C=O) groups is 1. The van der Waals surface area contributed by atoms with E-state index in [4.69, 9.17) is 28.4 Å². The average molecular weight is 502 g/mol. The summed E-state index contributed by atoms with van der Waals surface area (Å²) in [4.78, 5) is 23.0. The summed E-state index contributed by atoms with van der Waals surface area (Å²) in [6.07, 6.45) is 2.67. The van der Waals surface area contributed by atoms with Crippen molar-refractivity contribution < 1.29 is 38.1 Å². The number of nitro groups is 1. The van der Waals surface area contributed by atoms with Crippen LogP contribution in [-0.4, -0.2) is 39.5 Å². The Hall–Kier alpha value is -4.25. The maximum atomic E-state index is 12.2. The van der Waals surface area contributed by atoms with E-state index in [1.54, 1.807) is 30.3 Å². The van der Waals surface area contributed by atoms with E-state index in [1.807, 2.05) is 12.2 Å². The lowest BCUT2D eigenvalue weighted by molar-refractivity contribution is -0.380. The van der Waals surface area contributed by atoms with Crippen molar-refractivity contribution in [1.29, 1.82) is 0 Å². The van der Waals surface area contributed by atoms with Crippen molar-refractivity contribution in [2.75, 3.05) is 28.4 Å². The highest BCUT2D eigenvalue weighted by atomic mass is 32.1. The minimum absolute atomic E-state index is 0.0368. The first-order chi connectivity index (χ1) is 16.9. The summed E-state index contributed by atoms with van der Waals surface area (Å²) in [6.45, 7) is -0.152. The van der Waals surface area contributed by atoms with E-state index in [-0.39, 0.29) is 17.4 Å². The third-order valence-corrected chi connectivity index (χ3v) is 5.71. The average Bonchev–Trinajstić information content (AvgIpc) is 3.35. The first-order valence-corrected chi connectivity index (χ1v) is 10.9. The second-order valence-electron chi connectivity index (χ2n) is 6.84. The van der Waals surface area contributed by atoms with E-state index >= 15 is 0 Å². The van der Waals surface area contributed by atoms with Crippen molar-refractivity contribution in [3.8, 4) is 28.7 Å². The number of hydrogen-bond acceptors (Lipinski definition) is 10. The predicted octanol–water partition coefficient (Wildman–Crippen LogP) is 5.58. The highest BCUT2D eigenvalue weighted by Crippen LogP contribution is 2.39. The Balaban J connectivity index is 1.74. The van der Waals surface area contributed by atoms with Gasteiger partial charge in [-0.05, 0) is 41.5 Å². The maximum absolute atomic E-state index is 12.2. The first-order valence-electron chi connectivity index (χ1n) is 10.1. The second kappa shape index (κ2) is 11.7. The molecule has 0 aliphatic carbocycles. The number of nitrogens with zero attached hydrogens (tertiary/aromatic N) is 1. The molecule has 0 amide bonds. The van der Waals surface area contributed by atoms with Gasteiger partial charge in [-0.25, -0.2) is 4.79 Å². The molecule has 0 spiro atoms. The summed E-state index contributed by atoms with van der Waals surface area (Å²) < 4.78 is 31.7. The van der Waals surface area contributed by atoms with Crippen LogP contribution in [0.3, 0.4) is 0 Å². The van der Waals surface area contributed by atoms with Crippen LogP contribution in [0.25, 0.3) is 12.2 Å². The molecule has 0 atom stereocenters. The largest absolute Gasteiger partial charge is 0.514 e. The van der Waals surface area contributed by atoms with Gasteiger partial charge in [0.25, 0.3) is 0 Å². The van der Waals surface area contributed by atoms with Crippen molar-refractivity contribution in [3.05, 3.63) is 68.6 Å². The molecular weight excluding hydrogens is 478 g/mol. The van der Waals surface area contributed by atoms with Crippen LogP contribution >= 0.6 is 11.3 Å². The highest BCUT2D eigenvalue weighted by molar-refractivity contribution is 7.15. The second-order valence-corrected chi connectivity index (χ2v) is 7.99. The lowest BCUT2D eigenvalue weighted by Gasteiger charge is -2.13. The van der Waals surface area contributed by atoms with Crippen LogP contribution in [0.1, 0.15) is 16.0 Å². The zero-order chi connectivity index (χ0) is 25.4. The summed E-state index contributed by atoms with van der Waals surface area (Å²) >= 11 is 0.920. The normalized spacial score (nSPS) is 10.6. The number of carbonyl (C=O) groups excluding carboxylic acids is 1. The van der Waals surface area contributed by atoms with Gasteiger partial charge in [0.15, 0.2) is 23.0 Å². The molecule has 0 bridgehead atoms. The van der Waals surface area contributed by atoms with Gasteiger partial charge < -0.3 is 28.4 Å². The van der Waals surface area contributed by atoms with Gasteiger partial charge in [-0.15, -0.1) is 0 Å². The smallest absolute Gasteiger partial charge is 0.493 e. The molecular formula is C24H23NO9S. The molecule has 0 fully saturated rings. The van der Waals surface area contributed by atoms with E-state index in [2.05, 4.69) is 0 Å². The molecule has 0 saturated heterocycles. The summed E-state index contributed by atoms with van der Waals surface area (Å²) in [5.74, 6) is 2.01. The van der Waals surface area contributed by atoms with Crippen LogP contribution in [0.5, 0.6) is 28.7 Å². The molecule has 35 heavy (non-hydrogen) atoms. The summed E-state index contributed by atoms with van der Waals surface area (Å²) in [5.41, 5.74) is 1.51. The number of thiophene rings is 1. The zero-order valence-corrected chi connectivity index (χ0v) is 20.2. The van der Waals surface area contributed by atoms with Crippen molar-refractivity contribution in [1.82, 2.24) is 0 Å². The third-order valence-electron chi connectivity index (χ3n) is 4.70. The van der Waals surface area contributed by atoms with Gasteiger partial charge in [0.2, 0.25) is 5.75 Å². The molecule has 0 aliphatic heterocycles. The van der Waals surface area contributed by atoms with Gasteiger partial charge >= 0.3 is 11.2 Å². The van der Waals surface area contributed by atoms with Crippen LogP contribution in [0, 0.1) is 10.1 Å². The summed E-state index contributed by atoms with van der Waals surface area (Å²) in [5, 5.41) is 10.7. The van der Waals surface area contributed by atoms with Gasteiger partial charge in [0.1, 0.15) is 6.61 Å². The number of hydrogen-bond donors (Lipinski definition) is 0. The Labute approximate surface area is 205 Å². The number of benzene rings is 2. The summed E-state index contributed by atoms with van der Waals surface area (Å²) in [6, 6.07) is 11.5. The molecule has 0 radical (unpaired) electrons. The molecule has 0 aliphatic rings. The van der Waals surface area contributed by atoms with Gasteiger partial charge in [0.05, 0.1) is 33.4 Å². The lowest BCUT2D eigenvalue weighted by atomic mass is 10.1. The number of rotatable bonds is 10. The van der Waals surface area contributed by atoms with E-state index < -0.39 is 11.1 Å². The van der Waals surface area contributed by atoms with E-state index in [0.717, 1.165) is 22.5 Å². The SMILES string of the molecule is COc1ccc(/C=C\c2cc(OC)c(OC)c(OC)c2)cc1OC(=O)OCc1ccc([N+](=O)[O-])s1. The molecule has 0 N–H and O–H groups in total. The third kappa shape index (κ3) is 6.42. The van der Waals surface area contributed by atoms with Gasteiger partial charge in [-0.2, -0.15) is 0 Å². The maximum Gasteiger partial charge on any atom is 0.514 e. The van der Waals surface area contributed by atoms with Crippen molar-refractivity contribution in [2.45, 2.75) is 6.61 Å². The molecule has 11 heteroatoms. The molecule has 1 heterocycles. The van der Waals surface area contributed by atoms with E-state index in [1.165, 1.54) is 40.6 Å². The molecule has 0 unspecified atom stereocenters. The van der Waals surface area contributed by atoms with Gasteiger partial charge in [0, 0.05) is 10.9 Å². The zero-order valence-electron chi connectivity index (χ0n) is 19.4. The fourth-order valence-corrected chi connectivity index (χ4v) is 3.79. The molecule has 3 aromatic rings. The van der Waals surface area contributed by atoms with Crippen LogP contribution in [0.2, 0.25) is 0 Å². The Morgan fingerprint density at radius 2 is 1.49 bits per heavy atom. The Morgan fingerprint density at radius 1 is 0.857 bits per heavy atom. The molecule has 1 aromatic heterocycles. The van der Waals surface area contributed by atoms with Crippen molar-refractivity contribution >= 4 is 34.6 Å². The topological polar surface area (TPSA) is 116 Å².